The molecule has 0 spiro atoms. The minimum atomic E-state index is -3.64. The van der Waals surface area contributed by atoms with E-state index in [1.807, 2.05) is 24.3 Å². The molecule has 1 aliphatic carbocycles. The number of rotatable bonds is 8. The van der Waals surface area contributed by atoms with Crippen LogP contribution in [0.1, 0.15) is 25.7 Å². The Morgan fingerprint density at radius 3 is 2.44 bits per heavy atom. The lowest BCUT2D eigenvalue weighted by Crippen LogP contribution is -2.50. The maximum Gasteiger partial charge on any atom is 0.260 e. The Morgan fingerprint density at radius 1 is 1.06 bits per heavy atom. The van der Waals surface area contributed by atoms with E-state index in [4.69, 9.17) is 21.1 Å². The summed E-state index contributed by atoms with van der Waals surface area (Å²) in [6, 6.07) is 12.1. The lowest BCUT2D eigenvalue weighted by molar-refractivity contribution is -0.133. The molecule has 1 saturated carbocycles. The van der Waals surface area contributed by atoms with Crippen LogP contribution >= 0.6 is 11.6 Å². The third-order valence-electron chi connectivity index (χ3n) is 6.30. The molecule has 2 aliphatic rings. The van der Waals surface area contributed by atoms with Crippen molar-refractivity contribution < 1.29 is 22.7 Å². The summed E-state index contributed by atoms with van der Waals surface area (Å²) in [7, 11) is -2.00. The summed E-state index contributed by atoms with van der Waals surface area (Å²) in [5, 5.41) is 0.156. The third-order valence-corrected chi connectivity index (χ3v) is 8.11. The van der Waals surface area contributed by atoms with E-state index in [9.17, 15) is 13.2 Å². The molecule has 4 rings (SSSR count). The molecule has 2 fully saturated rings. The molecule has 0 atom stereocenters. The first-order valence-electron chi connectivity index (χ1n) is 11.5. The molecule has 10 heteroatoms. The van der Waals surface area contributed by atoms with Gasteiger partial charge in [-0.15, -0.1) is 0 Å². The van der Waals surface area contributed by atoms with E-state index in [-0.39, 0.29) is 34.2 Å². The first-order valence-corrected chi connectivity index (χ1v) is 13.3. The average molecular weight is 508 g/mol. The monoisotopic (exact) mass is 507 g/mol. The van der Waals surface area contributed by atoms with Gasteiger partial charge in [0.05, 0.1) is 22.7 Å². The van der Waals surface area contributed by atoms with E-state index in [1.165, 1.54) is 18.2 Å². The molecule has 2 aromatic carbocycles. The highest BCUT2D eigenvalue weighted by atomic mass is 35.5. The molecule has 184 valence electrons. The number of anilines is 1. The van der Waals surface area contributed by atoms with Gasteiger partial charge in [0, 0.05) is 32.2 Å². The second-order valence-corrected chi connectivity index (χ2v) is 10.6. The van der Waals surface area contributed by atoms with Crippen molar-refractivity contribution in [2.45, 2.75) is 36.6 Å². The number of piperazine rings is 1. The number of halogens is 1. The van der Waals surface area contributed by atoms with Crippen LogP contribution in [0, 0.1) is 0 Å². The fraction of sp³-hybridized carbons (Fsp3) is 0.458. The predicted molar refractivity (Wildman–Crippen MR) is 131 cm³/mol. The van der Waals surface area contributed by atoms with Crippen LogP contribution in [0.25, 0.3) is 0 Å². The average Bonchev–Trinajstić information content (AvgIpc) is 3.35. The highest BCUT2D eigenvalue weighted by molar-refractivity contribution is 7.89. The molecule has 1 amide bonds. The first kappa shape index (κ1) is 24.6. The molecule has 0 aromatic heterocycles. The number of hydrogen-bond donors (Lipinski definition) is 1. The van der Waals surface area contributed by atoms with Crippen molar-refractivity contribution >= 4 is 33.2 Å². The van der Waals surface area contributed by atoms with E-state index in [0.29, 0.717) is 26.2 Å². The van der Waals surface area contributed by atoms with Crippen LogP contribution in [-0.2, 0) is 14.8 Å². The van der Waals surface area contributed by atoms with E-state index >= 15 is 0 Å². The topological polar surface area (TPSA) is 88.2 Å². The van der Waals surface area contributed by atoms with Gasteiger partial charge < -0.3 is 19.3 Å². The number of nitrogens with zero attached hydrogens (tertiary/aromatic N) is 2. The highest BCUT2D eigenvalue weighted by Gasteiger charge is 2.25. The summed E-state index contributed by atoms with van der Waals surface area (Å²) in [5.74, 6) is 0.946. The van der Waals surface area contributed by atoms with E-state index in [1.54, 1.807) is 12.0 Å². The molecule has 0 bridgehead atoms. The van der Waals surface area contributed by atoms with Crippen molar-refractivity contribution in [3.63, 3.8) is 0 Å². The second kappa shape index (κ2) is 10.8. The zero-order chi connectivity index (χ0) is 24.1. The maximum atomic E-state index is 12.7. The fourth-order valence-electron chi connectivity index (χ4n) is 4.42. The van der Waals surface area contributed by atoms with Gasteiger partial charge in [-0.2, -0.15) is 0 Å². The molecule has 0 unspecified atom stereocenters. The molecular formula is C24H30ClN3O5S. The number of sulfonamides is 1. The number of methoxy groups -OCH3 is 1. The standard InChI is InChI=1S/C24H30ClN3O5S/c1-32-23-9-5-4-8-21(23)27-12-14-28(15-13-27)24(29)17-33-22-11-10-19(16-20(22)25)34(30,31)26-18-6-2-3-7-18/h4-5,8-11,16,18,26H,2-3,6-7,12-15,17H2,1H3. The Hall–Kier alpha value is -2.49. The van der Waals surface area contributed by atoms with Crippen molar-refractivity contribution in [2.24, 2.45) is 0 Å². The summed E-state index contributed by atoms with van der Waals surface area (Å²) in [5.41, 5.74) is 1.01. The normalized spacial score (nSPS) is 17.1. The number of nitrogens with one attached hydrogen (secondary N) is 1. The van der Waals surface area contributed by atoms with Gasteiger partial charge in [-0.25, -0.2) is 13.1 Å². The van der Waals surface area contributed by atoms with Crippen molar-refractivity contribution in [3.8, 4) is 11.5 Å². The predicted octanol–water partition coefficient (Wildman–Crippen LogP) is 3.30. The number of carbonyl (C=O) groups is 1. The number of ether oxygens (including phenoxy) is 2. The van der Waals surface area contributed by atoms with Gasteiger partial charge >= 0.3 is 0 Å². The summed E-state index contributed by atoms with van der Waals surface area (Å²) < 4.78 is 39.0. The van der Waals surface area contributed by atoms with E-state index in [2.05, 4.69) is 9.62 Å². The highest BCUT2D eigenvalue weighted by Crippen LogP contribution is 2.30. The molecule has 1 N–H and O–H groups in total. The number of para-hydroxylation sites is 2. The summed E-state index contributed by atoms with van der Waals surface area (Å²) in [6.45, 7) is 2.34. The molecule has 2 aromatic rings. The van der Waals surface area contributed by atoms with Gasteiger partial charge in [-0.3, -0.25) is 4.79 Å². The summed E-state index contributed by atoms with van der Waals surface area (Å²) >= 11 is 6.28. The lowest BCUT2D eigenvalue weighted by atomic mass is 10.2. The van der Waals surface area contributed by atoms with Gasteiger partial charge in [-0.05, 0) is 43.2 Å². The van der Waals surface area contributed by atoms with Gasteiger partial charge in [0.2, 0.25) is 10.0 Å². The van der Waals surface area contributed by atoms with Crippen LogP contribution in [0.3, 0.4) is 0 Å². The smallest absolute Gasteiger partial charge is 0.260 e. The third kappa shape index (κ3) is 5.76. The number of hydrogen-bond acceptors (Lipinski definition) is 6. The van der Waals surface area contributed by atoms with Crippen LogP contribution in [-0.4, -0.2) is 65.2 Å². The Bertz CT molecular complexity index is 1110. The molecule has 1 heterocycles. The van der Waals surface area contributed by atoms with Gasteiger partial charge in [0.1, 0.15) is 11.5 Å². The van der Waals surface area contributed by atoms with Crippen LogP contribution in [0.5, 0.6) is 11.5 Å². The molecular weight excluding hydrogens is 478 g/mol. The van der Waals surface area contributed by atoms with Crippen molar-refractivity contribution in [1.82, 2.24) is 9.62 Å². The maximum absolute atomic E-state index is 12.7. The minimum Gasteiger partial charge on any atom is -0.495 e. The quantitative estimate of drug-likeness (QED) is 0.590. The number of benzene rings is 2. The first-order chi connectivity index (χ1) is 16.4. The van der Waals surface area contributed by atoms with Crippen molar-refractivity contribution in [2.75, 3.05) is 44.8 Å². The molecule has 1 saturated heterocycles. The van der Waals surface area contributed by atoms with E-state index < -0.39 is 10.0 Å². The Labute approximate surface area is 205 Å². The minimum absolute atomic E-state index is 0.0271. The van der Waals surface area contributed by atoms with Crippen LogP contribution < -0.4 is 19.1 Å². The van der Waals surface area contributed by atoms with Gasteiger partial charge in [0.15, 0.2) is 6.61 Å². The lowest BCUT2D eigenvalue weighted by Gasteiger charge is -2.36. The second-order valence-electron chi connectivity index (χ2n) is 8.52. The summed E-state index contributed by atoms with van der Waals surface area (Å²) in [4.78, 5) is 16.7. The SMILES string of the molecule is COc1ccccc1N1CCN(C(=O)COc2ccc(S(=O)(=O)NC3CCCC3)cc2Cl)CC1. The van der Waals surface area contributed by atoms with Crippen LogP contribution in [0.2, 0.25) is 5.02 Å². The Balaban J connectivity index is 1.30. The zero-order valence-corrected chi connectivity index (χ0v) is 20.8. The zero-order valence-electron chi connectivity index (χ0n) is 19.2. The van der Waals surface area contributed by atoms with Gasteiger partial charge in [-0.1, -0.05) is 36.6 Å². The molecule has 1 aliphatic heterocycles. The van der Waals surface area contributed by atoms with E-state index in [0.717, 1.165) is 37.1 Å². The molecule has 34 heavy (non-hydrogen) atoms. The Morgan fingerprint density at radius 2 is 1.76 bits per heavy atom. The largest absolute Gasteiger partial charge is 0.495 e. The van der Waals surface area contributed by atoms with Crippen LogP contribution in [0.15, 0.2) is 47.4 Å². The van der Waals surface area contributed by atoms with Crippen molar-refractivity contribution in [1.29, 1.82) is 0 Å². The molecule has 8 nitrogen and oxygen atoms in total. The van der Waals surface area contributed by atoms with Crippen LogP contribution in [0.4, 0.5) is 5.69 Å². The number of carbonyl (C=O) groups excluding carboxylic acids is 1. The van der Waals surface area contributed by atoms with Crippen molar-refractivity contribution in [3.05, 3.63) is 47.5 Å². The van der Waals surface area contributed by atoms with Gasteiger partial charge in [0.25, 0.3) is 5.91 Å². The Kier molecular flexibility index (Phi) is 7.85. The summed E-state index contributed by atoms with van der Waals surface area (Å²) in [6.07, 6.45) is 3.77. The fourth-order valence-corrected chi connectivity index (χ4v) is 6.05. The number of amides is 1. The molecule has 0 radical (unpaired) electrons.